The van der Waals surface area contributed by atoms with Crippen LogP contribution in [0.15, 0.2) is 16.6 Å². The van der Waals surface area contributed by atoms with Gasteiger partial charge < -0.3 is 9.84 Å². The summed E-state index contributed by atoms with van der Waals surface area (Å²) in [6.07, 6.45) is 1.69. The fourth-order valence-corrected chi connectivity index (χ4v) is 2.18. The second kappa shape index (κ2) is 3.24. The fourth-order valence-electron chi connectivity index (χ4n) is 1.58. The van der Waals surface area contributed by atoms with Gasteiger partial charge in [-0.1, -0.05) is 15.9 Å². The molecule has 1 aromatic rings. The molecular weight excluding hydrogens is 244 g/mol. The van der Waals surface area contributed by atoms with Gasteiger partial charge in [0, 0.05) is 10.0 Å². The lowest BCUT2D eigenvalue weighted by Gasteiger charge is -2.14. The molecule has 1 saturated carbocycles. The van der Waals surface area contributed by atoms with Crippen LogP contribution in [0.3, 0.4) is 0 Å². The number of hydrogen-bond donors (Lipinski definition) is 1. The summed E-state index contributed by atoms with van der Waals surface area (Å²) < 4.78 is 6.18. The van der Waals surface area contributed by atoms with Crippen LogP contribution in [-0.2, 0) is 5.60 Å². The van der Waals surface area contributed by atoms with Crippen molar-refractivity contribution in [2.45, 2.75) is 25.4 Å². The van der Waals surface area contributed by atoms with Crippen molar-refractivity contribution in [1.82, 2.24) is 0 Å². The molecule has 1 aliphatic carbocycles. The summed E-state index contributed by atoms with van der Waals surface area (Å²) in [5.41, 5.74) is 1.44. The van der Waals surface area contributed by atoms with Crippen LogP contribution in [0, 0.1) is 6.92 Å². The Hall–Kier alpha value is -0.540. The maximum absolute atomic E-state index is 10.0. The van der Waals surface area contributed by atoms with E-state index in [4.69, 9.17) is 4.74 Å². The van der Waals surface area contributed by atoms with Gasteiger partial charge in [0.05, 0.1) is 12.7 Å². The third-order valence-electron chi connectivity index (χ3n) is 2.69. The molecule has 1 aromatic carbocycles. The zero-order valence-electron chi connectivity index (χ0n) is 8.30. The minimum Gasteiger partial charge on any atom is -0.497 e. The standard InChI is InChI=1S/C11H13BrO2/c1-7-5-8(14-2)6-9(10(7)12)11(13)3-4-11/h5-6,13H,3-4H2,1-2H3. The molecule has 0 radical (unpaired) electrons. The first-order valence-electron chi connectivity index (χ1n) is 4.64. The van der Waals surface area contributed by atoms with E-state index in [1.54, 1.807) is 7.11 Å². The number of hydrogen-bond acceptors (Lipinski definition) is 2. The Morgan fingerprint density at radius 3 is 2.57 bits per heavy atom. The number of aryl methyl sites for hydroxylation is 1. The Labute approximate surface area is 92.0 Å². The van der Waals surface area contributed by atoms with Gasteiger partial charge in [-0.15, -0.1) is 0 Å². The highest BCUT2D eigenvalue weighted by Gasteiger charge is 2.43. The van der Waals surface area contributed by atoms with E-state index in [0.717, 1.165) is 34.2 Å². The number of halogens is 1. The highest BCUT2D eigenvalue weighted by atomic mass is 79.9. The monoisotopic (exact) mass is 256 g/mol. The third kappa shape index (κ3) is 1.55. The molecule has 0 spiro atoms. The number of ether oxygens (including phenoxy) is 1. The largest absolute Gasteiger partial charge is 0.497 e. The minimum absolute atomic E-state index is 0.613. The van der Waals surface area contributed by atoms with Gasteiger partial charge in [0.15, 0.2) is 0 Å². The molecule has 76 valence electrons. The maximum atomic E-state index is 10.0. The number of benzene rings is 1. The summed E-state index contributed by atoms with van der Waals surface area (Å²) in [5, 5.41) is 10.0. The van der Waals surface area contributed by atoms with Gasteiger partial charge in [0.25, 0.3) is 0 Å². The first-order valence-corrected chi connectivity index (χ1v) is 5.43. The fraction of sp³-hybridized carbons (Fsp3) is 0.455. The molecular formula is C11H13BrO2. The van der Waals surface area contributed by atoms with Crippen LogP contribution < -0.4 is 4.74 Å². The van der Waals surface area contributed by atoms with E-state index in [9.17, 15) is 5.11 Å². The van der Waals surface area contributed by atoms with Crippen molar-refractivity contribution in [2.75, 3.05) is 7.11 Å². The summed E-state index contributed by atoms with van der Waals surface area (Å²) in [6.45, 7) is 2.00. The molecule has 0 aromatic heterocycles. The van der Waals surface area contributed by atoms with Crippen LogP contribution in [0.4, 0.5) is 0 Å². The van der Waals surface area contributed by atoms with Crippen molar-refractivity contribution in [3.05, 3.63) is 27.7 Å². The molecule has 14 heavy (non-hydrogen) atoms. The Morgan fingerprint density at radius 2 is 2.07 bits per heavy atom. The molecule has 1 N–H and O–H groups in total. The summed E-state index contributed by atoms with van der Waals surface area (Å²) in [7, 11) is 1.64. The lowest BCUT2D eigenvalue weighted by molar-refractivity contribution is 0.150. The molecule has 0 heterocycles. The van der Waals surface area contributed by atoms with E-state index in [-0.39, 0.29) is 0 Å². The van der Waals surface area contributed by atoms with Crippen molar-refractivity contribution in [2.24, 2.45) is 0 Å². The lowest BCUT2D eigenvalue weighted by Crippen LogP contribution is -2.06. The van der Waals surface area contributed by atoms with Gasteiger partial charge in [0.1, 0.15) is 5.75 Å². The highest BCUT2D eigenvalue weighted by Crippen LogP contribution is 2.49. The van der Waals surface area contributed by atoms with Crippen LogP contribution in [0.1, 0.15) is 24.0 Å². The van der Waals surface area contributed by atoms with Gasteiger partial charge in [-0.2, -0.15) is 0 Å². The molecule has 3 heteroatoms. The summed E-state index contributed by atoms with van der Waals surface area (Å²) >= 11 is 3.50. The maximum Gasteiger partial charge on any atom is 0.119 e. The summed E-state index contributed by atoms with van der Waals surface area (Å²) in [6, 6.07) is 3.86. The van der Waals surface area contributed by atoms with Crippen molar-refractivity contribution in [3.63, 3.8) is 0 Å². The summed E-state index contributed by atoms with van der Waals surface area (Å²) in [4.78, 5) is 0. The average Bonchev–Trinajstić information content (AvgIpc) is 2.89. The predicted octanol–water partition coefficient (Wildman–Crippen LogP) is 2.75. The molecule has 0 saturated heterocycles. The second-order valence-corrected chi connectivity index (χ2v) is 4.63. The van der Waals surface area contributed by atoms with Crippen molar-refractivity contribution in [3.8, 4) is 5.75 Å². The molecule has 0 unspecified atom stereocenters. The van der Waals surface area contributed by atoms with E-state index in [1.807, 2.05) is 19.1 Å². The third-order valence-corrected chi connectivity index (χ3v) is 3.74. The van der Waals surface area contributed by atoms with Gasteiger partial charge in [-0.3, -0.25) is 0 Å². The van der Waals surface area contributed by atoms with E-state index in [0.29, 0.717) is 0 Å². The zero-order chi connectivity index (χ0) is 10.3. The first-order chi connectivity index (χ1) is 6.57. The topological polar surface area (TPSA) is 29.5 Å². The van der Waals surface area contributed by atoms with Crippen LogP contribution in [-0.4, -0.2) is 12.2 Å². The minimum atomic E-state index is -0.613. The molecule has 0 bridgehead atoms. The number of methoxy groups -OCH3 is 1. The molecule has 1 aliphatic rings. The molecule has 0 amide bonds. The highest BCUT2D eigenvalue weighted by molar-refractivity contribution is 9.10. The van der Waals surface area contributed by atoms with Crippen molar-refractivity contribution < 1.29 is 9.84 Å². The van der Waals surface area contributed by atoms with E-state index in [2.05, 4.69) is 15.9 Å². The number of rotatable bonds is 2. The molecule has 0 aliphatic heterocycles. The Bertz CT molecular complexity index is 370. The Balaban J connectivity index is 2.52. The normalized spacial score (nSPS) is 18.0. The SMILES string of the molecule is COc1cc(C)c(Br)c(C2(O)CC2)c1. The van der Waals surface area contributed by atoms with Crippen LogP contribution in [0.25, 0.3) is 0 Å². The molecule has 2 rings (SSSR count). The zero-order valence-corrected chi connectivity index (χ0v) is 9.89. The van der Waals surface area contributed by atoms with Crippen LogP contribution >= 0.6 is 15.9 Å². The lowest BCUT2D eigenvalue weighted by atomic mass is 10.0. The molecule has 0 atom stereocenters. The molecule has 2 nitrogen and oxygen atoms in total. The van der Waals surface area contributed by atoms with Crippen LogP contribution in [0.5, 0.6) is 5.75 Å². The van der Waals surface area contributed by atoms with Gasteiger partial charge in [0.2, 0.25) is 0 Å². The van der Waals surface area contributed by atoms with Crippen molar-refractivity contribution >= 4 is 15.9 Å². The average molecular weight is 257 g/mol. The second-order valence-electron chi connectivity index (χ2n) is 3.84. The van der Waals surface area contributed by atoms with Crippen molar-refractivity contribution in [1.29, 1.82) is 0 Å². The van der Waals surface area contributed by atoms with Gasteiger partial charge >= 0.3 is 0 Å². The van der Waals surface area contributed by atoms with Crippen LogP contribution in [0.2, 0.25) is 0 Å². The van der Waals surface area contributed by atoms with E-state index >= 15 is 0 Å². The smallest absolute Gasteiger partial charge is 0.119 e. The first kappa shape index (κ1) is 9.99. The van der Waals surface area contributed by atoms with Gasteiger partial charge in [-0.25, -0.2) is 0 Å². The Kier molecular flexibility index (Phi) is 2.32. The quantitative estimate of drug-likeness (QED) is 0.882. The van der Waals surface area contributed by atoms with E-state index in [1.165, 1.54) is 0 Å². The molecule has 1 fully saturated rings. The van der Waals surface area contributed by atoms with E-state index < -0.39 is 5.60 Å². The van der Waals surface area contributed by atoms with Gasteiger partial charge in [-0.05, 0) is 37.5 Å². The predicted molar refractivity (Wildman–Crippen MR) is 58.6 cm³/mol. The number of aliphatic hydroxyl groups is 1. The summed E-state index contributed by atoms with van der Waals surface area (Å²) in [5.74, 6) is 0.807. The Morgan fingerprint density at radius 1 is 1.43 bits per heavy atom.